The number of hydrogen-bond acceptors (Lipinski definition) is 4. The molecule has 1 fully saturated rings. The first kappa shape index (κ1) is 19.0. The van der Waals surface area contributed by atoms with Gasteiger partial charge in [0.1, 0.15) is 0 Å². The zero-order chi connectivity index (χ0) is 19.5. The van der Waals surface area contributed by atoms with Crippen molar-refractivity contribution in [3.05, 3.63) is 87.7 Å². The highest BCUT2D eigenvalue weighted by atomic mass is 35.5. The van der Waals surface area contributed by atoms with Crippen molar-refractivity contribution in [1.82, 2.24) is 15.0 Å². The van der Waals surface area contributed by atoms with E-state index >= 15 is 0 Å². The van der Waals surface area contributed by atoms with E-state index in [1.165, 1.54) is 6.20 Å². The highest BCUT2D eigenvalue weighted by Crippen LogP contribution is 2.31. The summed E-state index contributed by atoms with van der Waals surface area (Å²) in [7, 11) is 0. The van der Waals surface area contributed by atoms with Crippen LogP contribution in [0.4, 0.5) is 0 Å². The fourth-order valence-corrected chi connectivity index (χ4v) is 3.82. The summed E-state index contributed by atoms with van der Waals surface area (Å²) in [6.45, 7) is 2.74. The lowest BCUT2D eigenvalue weighted by Crippen LogP contribution is -2.49. The van der Waals surface area contributed by atoms with Crippen LogP contribution in [0.25, 0.3) is 0 Å². The van der Waals surface area contributed by atoms with Gasteiger partial charge in [0, 0.05) is 42.3 Å². The maximum Gasteiger partial charge on any atom is 0.292 e. The number of rotatable bonds is 4. The molecule has 0 spiro atoms. The second-order valence-electron chi connectivity index (χ2n) is 6.71. The number of amides is 1. The summed E-state index contributed by atoms with van der Waals surface area (Å²) in [6, 6.07) is 17.5. The highest BCUT2D eigenvalue weighted by molar-refractivity contribution is 6.30. The second kappa shape index (κ2) is 8.35. The van der Waals surface area contributed by atoms with Gasteiger partial charge in [-0.1, -0.05) is 52.6 Å². The average Bonchev–Trinajstić information content (AvgIpc) is 3.26. The molecule has 5 nitrogen and oxygen atoms in total. The molecule has 1 aromatic heterocycles. The lowest BCUT2D eigenvalue weighted by Gasteiger charge is -2.39. The standard InChI is InChI=1S/C21H19Cl2N3O2/c22-17-5-1-15(2-6-17)20(16-3-7-18(23)8-4-16)25-11-13-26(14-12-25)21(27)19-9-10-24-28-19/h1-10,20H,11-14H2. The molecule has 0 aliphatic carbocycles. The van der Waals surface area contributed by atoms with E-state index in [9.17, 15) is 4.79 Å². The van der Waals surface area contributed by atoms with Crippen LogP contribution < -0.4 is 0 Å². The Bertz CT molecular complexity index is 874. The molecule has 0 atom stereocenters. The summed E-state index contributed by atoms with van der Waals surface area (Å²) in [5, 5.41) is 5.04. The molecule has 0 bridgehead atoms. The lowest BCUT2D eigenvalue weighted by molar-refractivity contribution is 0.0559. The normalized spacial score (nSPS) is 15.2. The summed E-state index contributed by atoms with van der Waals surface area (Å²) in [6.07, 6.45) is 1.49. The molecule has 3 aromatic rings. The van der Waals surface area contributed by atoms with Crippen molar-refractivity contribution in [3.63, 3.8) is 0 Å². The van der Waals surface area contributed by atoms with Crippen molar-refractivity contribution in [1.29, 1.82) is 0 Å². The molecule has 0 radical (unpaired) electrons. The predicted octanol–water partition coefficient (Wildman–Crippen LogP) is 4.53. The molecule has 0 saturated carbocycles. The van der Waals surface area contributed by atoms with Crippen LogP contribution in [0.3, 0.4) is 0 Å². The van der Waals surface area contributed by atoms with E-state index in [1.807, 2.05) is 48.5 Å². The molecule has 1 saturated heterocycles. The van der Waals surface area contributed by atoms with Crippen molar-refractivity contribution in [3.8, 4) is 0 Å². The van der Waals surface area contributed by atoms with Gasteiger partial charge in [0.15, 0.2) is 0 Å². The van der Waals surface area contributed by atoms with E-state index in [-0.39, 0.29) is 17.7 Å². The van der Waals surface area contributed by atoms with Crippen molar-refractivity contribution >= 4 is 29.1 Å². The van der Waals surface area contributed by atoms with Gasteiger partial charge in [-0.25, -0.2) is 0 Å². The molecule has 1 amide bonds. The Labute approximate surface area is 173 Å². The van der Waals surface area contributed by atoms with E-state index in [0.717, 1.165) is 24.2 Å². The molecule has 2 heterocycles. The van der Waals surface area contributed by atoms with Crippen LogP contribution in [-0.4, -0.2) is 47.0 Å². The minimum Gasteiger partial charge on any atom is -0.351 e. The zero-order valence-electron chi connectivity index (χ0n) is 15.1. The van der Waals surface area contributed by atoms with Crippen LogP contribution in [0.15, 0.2) is 65.3 Å². The molecule has 28 heavy (non-hydrogen) atoms. The number of benzene rings is 2. The van der Waals surface area contributed by atoms with Gasteiger partial charge in [-0.2, -0.15) is 0 Å². The lowest BCUT2D eigenvalue weighted by atomic mass is 9.96. The van der Waals surface area contributed by atoms with Crippen LogP contribution in [0.1, 0.15) is 27.7 Å². The number of hydrogen-bond donors (Lipinski definition) is 0. The molecule has 1 aliphatic heterocycles. The number of carbonyl (C=O) groups excluding carboxylic acids is 1. The Balaban J connectivity index is 1.55. The summed E-state index contributed by atoms with van der Waals surface area (Å²) in [5.41, 5.74) is 2.31. The SMILES string of the molecule is O=C(c1ccno1)N1CCN(C(c2ccc(Cl)cc2)c2ccc(Cl)cc2)CC1. The molecule has 2 aromatic carbocycles. The van der Waals surface area contributed by atoms with E-state index in [1.54, 1.807) is 11.0 Å². The summed E-state index contributed by atoms with van der Waals surface area (Å²) < 4.78 is 5.00. The Morgan fingerprint density at radius 1 is 0.857 bits per heavy atom. The Morgan fingerprint density at radius 3 is 1.86 bits per heavy atom. The van der Waals surface area contributed by atoms with E-state index in [2.05, 4.69) is 10.1 Å². The van der Waals surface area contributed by atoms with Gasteiger partial charge in [0.2, 0.25) is 5.76 Å². The third kappa shape index (κ3) is 4.07. The van der Waals surface area contributed by atoms with Gasteiger partial charge in [-0.15, -0.1) is 0 Å². The molecule has 0 unspecified atom stereocenters. The third-order valence-corrected chi connectivity index (χ3v) is 5.49. The maximum absolute atomic E-state index is 12.5. The predicted molar refractivity (Wildman–Crippen MR) is 109 cm³/mol. The summed E-state index contributed by atoms with van der Waals surface area (Å²) in [4.78, 5) is 16.7. The number of carbonyl (C=O) groups is 1. The zero-order valence-corrected chi connectivity index (χ0v) is 16.6. The minimum atomic E-state index is -0.119. The van der Waals surface area contributed by atoms with E-state index in [4.69, 9.17) is 27.7 Å². The van der Waals surface area contributed by atoms with Crippen LogP contribution in [-0.2, 0) is 0 Å². The summed E-state index contributed by atoms with van der Waals surface area (Å²) >= 11 is 12.2. The number of piperazine rings is 1. The number of aromatic nitrogens is 1. The molecule has 0 N–H and O–H groups in total. The summed E-state index contributed by atoms with van der Waals surface area (Å²) in [5.74, 6) is 0.159. The fourth-order valence-electron chi connectivity index (χ4n) is 3.57. The first-order valence-corrected chi connectivity index (χ1v) is 9.82. The van der Waals surface area contributed by atoms with Gasteiger partial charge < -0.3 is 9.42 Å². The van der Waals surface area contributed by atoms with Crippen LogP contribution in [0.2, 0.25) is 10.0 Å². The second-order valence-corrected chi connectivity index (χ2v) is 7.58. The molecule has 144 valence electrons. The van der Waals surface area contributed by atoms with Crippen molar-refractivity contribution in [2.45, 2.75) is 6.04 Å². The first-order valence-electron chi connectivity index (χ1n) is 9.07. The molecular weight excluding hydrogens is 397 g/mol. The van der Waals surface area contributed by atoms with Gasteiger partial charge in [-0.05, 0) is 35.4 Å². The fraction of sp³-hybridized carbons (Fsp3) is 0.238. The third-order valence-electron chi connectivity index (χ3n) is 4.99. The smallest absolute Gasteiger partial charge is 0.292 e. The first-order chi connectivity index (χ1) is 13.6. The quantitative estimate of drug-likeness (QED) is 0.627. The van der Waals surface area contributed by atoms with Crippen molar-refractivity contribution in [2.75, 3.05) is 26.2 Å². The molecular formula is C21H19Cl2N3O2. The van der Waals surface area contributed by atoms with E-state index in [0.29, 0.717) is 23.1 Å². The minimum absolute atomic E-state index is 0.0667. The topological polar surface area (TPSA) is 49.6 Å². The molecule has 4 rings (SSSR count). The van der Waals surface area contributed by atoms with Crippen LogP contribution >= 0.6 is 23.2 Å². The van der Waals surface area contributed by atoms with Gasteiger partial charge in [-0.3, -0.25) is 9.69 Å². The van der Waals surface area contributed by atoms with Crippen LogP contribution in [0.5, 0.6) is 0 Å². The number of nitrogens with zero attached hydrogens (tertiary/aromatic N) is 3. The molecule has 7 heteroatoms. The van der Waals surface area contributed by atoms with Crippen molar-refractivity contribution in [2.24, 2.45) is 0 Å². The van der Waals surface area contributed by atoms with Gasteiger partial charge in [0.05, 0.1) is 12.2 Å². The van der Waals surface area contributed by atoms with Crippen LogP contribution in [0, 0.1) is 0 Å². The Hall–Kier alpha value is -2.34. The van der Waals surface area contributed by atoms with Crippen molar-refractivity contribution < 1.29 is 9.32 Å². The van der Waals surface area contributed by atoms with Gasteiger partial charge >= 0.3 is 0 Å². The average molecular weight is 416 g/mol. The Kier molecular flexibility index (Phi) is 5.67. The highest BCUT2D eigenvalue weighted by Gasteiger charge is 2.29. The Morgan fingerprint density at radius 2 is 1.39 bits per heavy atom. The maximum atomic E-state index is 12.5. The van der Waals surface area contributed by atoms with Gasteiger partial charge in [0.25, 0.3) is 5.91 Å². The van der Waals surface area contributed by atoms with E-state index < -0.39 is 0 Å². The molecule has 1 aliphatic rings. The monoisotopic (exact) mass is 415 g/mol. The largest absolute Gasteiger partial charge is 0.351 e. The number of halogens is 2.